The lowest BCUT2D eigenvalue weighted by Crippen LogP contribution is -2.34. The first-order chi connectivity index (χ1) is 6.86. The van der Waals surface area contributed by atoms with Crippen molar-refractivity contribution in [1.29, 1.82) is 0 Å². The van der Waals surface area contributed by atoms with Crippen molar-refractivity contribution in [2.75, 3.05) is 7.11 Å². The van der Waals surface area contributed by atoms with E-state index in [9.17, 15) is 4.79 Å². The molecule has 1 aliphatic carbocycles. The molecule has 1 rings (SSSR count). The van der Waals surface area contributed by atoms with Gasteiger partial charge < -0.3 is 4.74 Å². The standard InChI is InChI=1S/C13H24O2/c1-9-8-10(13(2,3)4)6-7-11(9)12(14)15-5/h9-11H,6-8H2,1-5H3/t9-,10-,11+/m0/s1. The summed E-state index contributed by atoms with van der Waals surface area (Å²) in [7, 11) is 1.49. The maximum atomic E-state index is 11.5. The third kappa shape index (κ3) is 2.96. The summed E-state index contributed by atoms with van der Waals surface area (Å²) < 4.78 is 4.84. The van der Waals surface area contributed by atoms with Crippen LogP contribution in [-0.4, -0.2) is 13.1 Å². The zero-order valence-corrected chi connectivity index (χ0v) is 10.7. The molecule has 1 saturated carbocycles. The molecule has 2 nitrogen and oxygen atoms in total. The van der Waals surface area contributed by atoms with Gasteiger partial charge in [-0.15, -0.1) is 0 Å². The molecule has 88 valence electrons. The molecule has 1 aliphatic rings. The molecule has 0 N–H and O–H groups in total. The van der Waals surface area contributed by atoms with E-state index in [1.165, 1.54) is 7.11 Å². The van der Waals surface area contributed by atoms with Gasteiger partial charge in [0.1, 0.15) is 0 Å². The van der Waals surface area contributed by atoms with E-state index in [0.717, 1.165) is 25.2 Å². The second kappa shape index (κ2) is 4.54. The Morgan fingerprint density at radius 1 is 1.27 bits per heavy atom. The van der Waals surface area contributed by atoms with E-state index in [0.29, 0.717) is 11.3 Å². The molecule has 0 radical (unpaired) electrons. The monoisotopic (exact) mass is 212 g/mol. The molecule has 15 heavy (non-hydrogen) atoms. The van der Waals surface area contributed by atoms with Crippen molar-refractivity contribution in [2.24, 2.45) is 23.2 Å². The van der Waals surface area contributed by atoms with Crippen LogP contribution in [0.2, 0.25) is 0 Å². The van der Waals surface area contributed by atoms with E-state index in [1.807, 2.05) is 0 Å². The summed E-state index contributed by atoms with van der Waals surface area (Å²) in [6.07, 6.45) is 3.31. The zero-order chi connectivity index (χ0) is 11.6. The van der Waals surface area contributed by atoms with Gasteiger partial charge in [-0.25, -0.2) is 0 Å². The van der Waals surface area contributed by atoms with E-state index in [-0.39, 0.29) is 11.9 Å². The van der Waals surface area contributed by atoms with Gasteiger partial charge in [-0.1, -0.05) is 27.7 Å². The summed E-state index contributed by atoms with van der Waals surface area (Å²) in [6, 6.07) is 0. The number of hydrogen-bond acceptors (Lipinski definition) is 2. The second-order valence-electron chi connectivity index (χ2n) is 5.98. The molecular weight excluding hydrogens is 188 g/mol. The molecule has 0 saturated heterocycles. The van der Waals surface area contributed by atoms with Crippen molar-refractivity contribution in [3.63, 3.8) is 0 Å². The molecule has 3 atom stereocenters. The predicted molar refractivity (Wildman–Crippen MR) is 61.5 cm³/mol. The third-order valence-electron chi connectivity index (χ3n) is 3.90. The van der Waals surface area contributed by atoms with Gasteiger partial charge in [0.2, 0.25) is 0 Å². The van der Waals surface area contributed by atoms with Gasteiger partial charge in [0, 0.05) is 0 Å². The van der Waals surface area contributed by atoms with Crippen LogP contribution in [0.5, 0.6) is 0 Å². The Bertz CT molecular complexity index is 227. The smallest absolute Gasteiger partial charge is 0.308 e. The summed E-state index contributed by atoms with van der Waals surface area (Å²) in [5, 5.41) is 0. The lowest BCUT2D eigenvalue weighted by atomic mass is 9.66. The van der Waals surface area contributed by atoms with Gasteiger partial charge >= 0.3 is 5.97 Å². The largest absolute Gasteiger partial charge is 0.469 e. The Morgan fingerprint density at radius 3 is 2.27 bits per heavy atom. The molecule has 1 fully saturated rings. The summed E-state index contributed by atoms with van der Waals surface area (Å²) in [5.41, 5.74) is 0.370. The molecule has 0 aromatic carbocycles. The first-order valence-electron chi connectivity index (χ1n) is 5.94. The maximum absolute atomic E-state index is 11.5. The molecular formula is C13H24O2. The van der Waals surface area contributed by atoms with Gasteiger partial charge in [-0.3, -0.25) is 4.79 Å². The van der Waals surface area contributed by atoms with Crippen LogP contribution in [0.15, 0.2) is 0 Å². The topological polar surface area (TPSA) is 26.3 Å². The highest BCUT2D eigenvalue weighted by Crippen LogP contribution is 2.42. The zero-order valence-electron chi connectivity index (χ0n) is 10.7. The number of carbonyl (C=O) groups excluding carboxylic acids is 1. The van der Waals surface area contributed by atoms with Gasteiger partial charge in [-0.2, -0.15) is 0 Å². The third-order valence-corrected chi connectivity index (χ3v) is 3.90. The Kier molecular flexibility index (Phi) is 3.80. The van der Waals surface area contributed by atoms with E-state index >= 15 is 0 Å². The van der Waals surface area contributed by atoms with E-state index in [1.54, 1.807) is 0 Å². The van der Waals surface area contributed by atoms with Crippen LogP contribution in [0.4, 0.5) is 0 Å². The fourth-order valence-corrected chi connectivity index (χ4v) is 2.68. The summed E-state index contributed by atoms with van der Waals surface area (Å²) >= 11 is 0. The molecule has 0 bridgehead atoms. The van der Waals surface area contributed by atoms with Crippen LogP contribution < -0.4 is 0 Å². The van der Waals surface area contributed by atoms with Crippen molar-refractivity contribution >= 4 is 5.97 Å². The second-order valence-corrected chi connectivity index (χ2v) is 5.98. The van der Waals surface area contributed by atoms with Crippen LogP contribution >= 0.6 is 0 Å². The van der Waals surface area contributed by atoms with E-state index < -0.39 is 0 Å². The SMILES string of the molecule is COC(=O)[C@@H]1CC[C@H](C(C)(C)C)C[C@@H]1C. The molecule has 2 heteroatoms. The van der Waals surface area contributed by atoms with Crippen LogP contribution in [0.25, 0.3) is 0 Å². The fourth-order valence-electron chi connectivity index (χ4n) is 2.68. The lowest BCUT2D eigenvalue weighted by molar-refractivity contribution is -0.149. The van der Waals surface area contributed by atoms with Crippen LogP contribution in [-0.2, 0) is 9.53 Å². The average molecular weight is 212 g/mol. The number of esters is 1. The highest BCUT2D eigenvalue weighted by molar-refractivity contribution is 5.72. The average Bonchev–Trinajstić information content (AvgIpc) is 2.15. The van der Waals surface area contributed by atoms with Crippen LogP contribution in [0.1, 0.15) is 47.0 Å². The molecule has 0 spiro atoms. The molecule has 0 unspecified atom stereocenters. The Morgan fingerprint density at radius 2 is 1.87 bits per heavy atom. The van der Waals surface area contributed by atoms with Gasteiger partial charge in [0.25, 0.3) is 0 Å². The quantitative estimate of drug-likeness (QED) is 0.624. The molecule has 0 aromatic heterocycles. The predicted octanol–water partition coefficient (Wildman–Crippen LogP) is 3.26. The van der Waals surface area contributed by atoms with E-state index in [4.69, 9.17) is 4.74 Å². The Labute approximate surface area is 93.4 Å². The highest BCUT2D eigenvalue weighted by Gasteiger charge is 2.37. The normalized spacial score (nSPS) is 32.5. The van der Waals surface area contributed by atoms with Crippen molar-refractivity contribution in [3.05, 3.63) is 0 Å². The molecule has 0 heterocycles. The Hall–Kier alpha value is -0.530. The number of carbonyl (C=O) groups is 1. The number of ether oxygens (including phenoxy) is 1. The van der Waals surface area contributed by atoms with Crippen molar-refractivity contribution < 1.29 is 9.53 Å². The first kappa shape index (κ1) is 12.5. The number of hydrogen-bond donors (Lipinski definition) is 0. The fraction of sp³-hybridized carbons (Fsp3) is 0.923. The van der Waals surface area contributed by atoms with Gasteiger partial charge in [0.05, 0.1) is 13.0 Å². The lowest BCUT2D eigenvalue weighted by Gasteiger charge is -2.39. The minimum atomic E-state index is -0.0186. The highest BCUT2D eigenvalue weighted by atomic mass is 16.5. The summed E-state index contributed by atoms with van der Waals surface area (Å²) in [5.74, 6) is 1.33. The Balaban J connectivity index is 2.59. The van der Waals surface area contributed by atoms with Crippen molar-refractivity contribution in [2.45, 2.75) is 47.0 Å². The van der Waals surface area contributed by atoms with Crippen molar-refractivity contribution in [3.8, 4) is 0 Å². The minimum absolute atomic E-state index is 0.0186. The van der Waals surface area contributed by atoms with E-state index in [2.05, 4.69) is 27.7 Å². The maximum Gasteiger partial charge on any atom is 0.308 e. The minimum Gasteiger partial charge on any atom is -0.469 e. The molecule has 0 aromatic rings. The number of methoxy groups -OCH3 is 1. The summed E-state index contributed by atoms with van der Waals surface area (Å²) in [6.45, 7) is 9.06. The van der Waals surface area contributed by atoms with Gasteiger partial charge in [0.15, 0.2) is 0 Å². The molecule has 0 aliphatic heterocycles. The van der Waals surface area contributed by atoms with Crippen molar-refractivity contribution in [1.82, 2.24) is 0 Å². The number of rotatable bonds is 1. The first-order valence-corrected chi connectivity index (χ1v) is 5.94. The molecule has 0 amide bonds. The van der Waals surface area contributed by atoms with Gasteiger partial charge in [-0.05, 0) is 36.5 Å². The van der Waals surface area contributed by atoms with Crippen LogP contribution in [0, 0.1) is 23.2 Å². The summed E-state index contributed by atoms with van der Waals surface area (Å²) in [4.78, 5) is 11.5. The van der Waals surface area contributed by atoms with Crippen LogP contribution in [0.3, 0.4) is 0 Å².